The van der Waals surface area contributed by atoms with Crippen LogP contribution in [-0.4, -0.2) is 0 Å². The van der Waals surface area contributed by atoms with Gasteiger partial charge in [-0.1, -0.05) is 36.5 Å². The third-order valence-corrected chi connectivity index (χ3v) is 2.13. The molecule has 0 aromatic heterocycles. The van der Waals surface area contributed by atoms with Crippen molar-refractivity contribution in [2.75, 3.05) is 0 Å². The quantitative estimate of drug-likeness (QED) is 0.428. The fourth-order valence-corrected chi connectivity index (χ4v) is 1.51. The smallest absolute Gasteiger partial charge is 0.0136 e. The van der Waals surface area contributed by atoms with Crippen molar-refractivity contribution in [1.82, 2.24) is 0 Å². The van der Waals surface area contributed by atoms with Gasteiger partial charge in [0.05, 0.1) is 0 Å². The Hall–Kier alpha value is -0.780. The van der Waals surface area contributed by atoms with Crippen molar-refractivity contribution in [2.24, 2.45) is 5.41 Å². The predicted molar refractivity (Wildman–Crippen MR) is 39.1 cm³/mol. The van der Waals surface area contributed by atoms with E-state index >= 15 is 0 Å². The van der Waals surface area contributed by atoms with Gasteiger partial charge in [0, 0.05) is 5.41 Å². The summed E-state index contributed by atoms with van der Waals surface area (Å²) < 4.78 is 0. The van der Waals surface area contributed by atoms with E-state index in [-0.39, 0.29) is 0 Å². The van der Waals surface area contributed by atoms with Gasteiger partial charge < -0.3 is 0 Å². The Balaban J connectivity index is 2.27. The van der Waals surface area contributed by atoms with E-state index in [0.717, 1.165) is 0 Å². The lowest BCUT2D eigenvalue weighted by Crippen LogP contribution is -2.05. The van der Waals surface area contributed by atoms with Crippen LogP contribution in [0.4, 0.5) is 0 Å². The number of hydrogen-bond donors (Lipinski definition) is 0. The first-order chi connectivity index (χ1) is 4.41. The molecule has 0 fully saturated rings. The normalized spacial score (nSPS) is 26.7. The van der Waals surface area contributed by atoms with Crippen LogP contribution in [0.2, 0.25) is 0 Å². The fraction of sp³-hybridized carbons (Fsp3) is 0.333. The van der Waals surface area contributed by atoms with Crippen molar-refractivity contribution in [3.63, 3.8) is 0 Å². The van der Waals surface area contributed by atoms with Gasteiger partial charge in [-0.3, -0.25) is 0 Å². The number of rotatable bonds is 0. The van der Waals surface area contributed by atoms with Gasteiger partial charge in [-0.05, 0) is 12.8 Å². The zero-order valence-corrected chi connectivity index (χ0v) is 5.38. The minimum absolute atomic E-state index is 0.417. The molecule has 2 aliphatic rings. The molecule has 0 heteroatoms. The lowest BCUT2D eigenvalue weighted by molar-refractivity contribution is 0.545. The van der Waals surface area contributed by atoms with Crippen LogP contribution in [0.15, 0.2) is 36.5 Å². The molecule has 0 radical (unpaired) electrons. The monoisotopic (exact) mass is 118 g/mol. The third-order valence-electron chi connectivity index (χ3n) is 2.13. The molecule has 0 saturated heterocycles. The van der Waals surface area contributed by atoms with E-state index in [9.17, 15) is 0 Å². The standard InChI is InChI=1S/C9H10/c1-2-6-9(5-1)7-3-4-8-9/h1-6H,7-8H2. The van der Waals surface area contributed by atoms with Crippen molar-refractivity contribution in [1.29, 1.82) is 0 Å². The molecular weight excluding hydrogens is 108 g/mol. The molecule has 0 atom stereocenters. The summed E-state index contributed by atoms with van der Waals surface area (Å²) in [4.78, 5) is 0. The van der Waals surface area contributed by atoms with Crippen LogP contribution < -0.4 is 0 Å². The molecule has 0 unspecified atom stereocenters. The Kier molecular flexibility index (Phi) is 0.895. The summed E-state index contributed by atoms with van der Waals surface area (Å²) in [5.74, 6) is 0. The summed E-state index contributed by atoms with van der Waals surface area (Å²) >= 11 is 0. The third kappa shape index (κ3) is 0.663. The molecule has 0 bridgehead atoms. The zero-order chi connectivity index (χ0) is 6.16. The molecule has 0 aromatic rings. The molecule has 0 aromatic carbocycles. The van der Waals surface area contributed by atoms with Crippen LogP contribution in [0.1, 0.15) is 12.8 Å². The van der Waals surface area contributed by atoms with Crippen LogP contribution in [0, 0.1) is 5.41 Å². The Labute approximate surface area is 55.6 Å². The molecule has 0 aliphatic heterocycles. The second-order valence-corrected chi connectivity index (χ2v) is 2.83. The highest BCUT2D eigenvalue weighted by atomic mass is 14.3. The van der Waals surface area contributed by atoms with Crippen LogP contribution in [0.5, 0.6) is 0 Å². The van der Waals surface area contributed by atoms with E-state index in [0.29, 0.717) is 5.41 Å². The summed E-state index contributed by atoms with van der Waals surface area (Å²) in [5.41, 5.74) is 0.417. The fourth-order valence-electron chi connectivity index (χ4n) is 1.51. The molecule has 2 rings (SSSR count). The van der Waals surface area contributed by atoms with Gasteiger partial charge in [0.25, 0.3) is 0 Å². The van der Waals surface area contributed by atoms with Crippen molar-refractivity contribution < 1.29 is 0 Å². The SMILES string of the molecule is C1=CC2(C=C1)CC=CC2. The average Bonchev–Trinajstić information content (AvgIpc) is 2.45. The summed E-state index contributed by atoms with van der Waals surface area (Å²) in [6, 6.07) is 0. The van der Waals surface area contributed by atoms with Crippen molar-refractivity contribution >= 4 is 0 Å². The summed E-state index contributed by atoms with van der Waals surface area (Å²) in [7, 11) is 0. The lowest BCUT2D eigenvalue weighted by Gasteiger charge is -2.15. The molecule has 9 heavy (non-hydrogen) atoms. The number of allylic oxidation sites excluding steroid dienone is 6. The van der Waals surface area contributed by atoms with E-state index in [1.54, 1.807) is 0 Å². The maximum atomic E-state index is 2.30. The van der Waals surface area contributed by atoms with E-state index in [1.165, 1.54) is 12.8 Å². The summed E-state index contributed by atoms with van der Waals surface area (Å²) in [6.07, 6.45) is 15.8. The van der Waals surface area contributed by atoms with Crippen LogP contribution in [-0.2, 0) is 0 Å². The van der Waals surface area contributed by atoms with Gasteiger partial charge in [-0.25, -0.2) is 0 Å². The molecule has 2 aliphatic carbocycles. The molecule has 0 N–H and O–H groups in total. The second kappa shape index (κ2) is 1.60. The zero-order valence-electron chi connectivity index (χ0n) is 5.38. The van der Waals surface area contributed by atoms with Crippen molar-refractivity contribution in [3.05, 3.63) is 36.5 Å². The Morgan fingerprint density at radius 2 is 1.44 bits per heavy atom. The van der Waals surface area contributed by atoms with Gasteiger partial charge in [0.1, 0.15) is 0 Å². The van der Waals surface area contributed by atoms with E-state index in [2.05, 4.69) is 36.5 Å². The molecule has 0 amide bonds. The highest BCUT2D eigenvalue weighted by molar-refractivity contribution is 5.29. The van der Waals surface area contributed by atoms with Gasteiger partial charge in [0.2, 0.25) is 0 Å². The minimum atomic E-state index is 0.417. The lowest BCUT2D eigenvalue weighted by atomic mass is 9.88. The molecule has 46 valence electrons. The van der Waals surface area contributed by atoms with Crippen LogP contribution in [0.25, 0.3) is 0 Å². The molecule has 0 nitrogen and oxygen atoms in total. The minimum Gasteiger partial charge on any atom is -0.0873 e. The Morgan fingerprint density at radius 3 is 2.00 bits per heavy atom. The maximum absolute atomic E-state index is 2.30. The topological polar surface area (TPSA) is 0 Å². The maximum Gasteiger partial charge on any atom is 0.0136 e. The first kappa shape index (κ1) is 5.04. The van der Waals surface area contributed by atoms with Gasteiger partial charge in [0.15, 0.2) is 0 Å². The van der Waals surface area contributed by atoms with Gasteiger partial charge in [-0.2, -0.15) is 0 Å². The van der Waals surface area contributed by atoms with Gasteiger partial charge >= 0.3 is 0 Å². The first-order valence-electron chi connectivity index (χ1n) is 3.43. The molecule has 1 spiro atoms. The molecule has 0 saturated carbocycles. The highest BCUT2D eigenvalue weighted by Gasteiger charge is 2.25. The van der Waals surface area contributed by atoms with Gasteiger partial charge in [-0.15, -0.1) is 0 Å². The second-order valence-electron chi connectivity index (χ2n) is 2.83. The first-order valence-corrected chi connectivity index (χ1v) is 3.43. The van der Waals surface area contributed by atoms with Crippen LogP contribution in [0.3, 0.4) is 0 Å². The van der Waals surface area contributed by atoms with E-state index in [1.807, 2.05) is 0 Å². The Bertz CT molecular complexity index is 172. The van der Waals surface area contributed by atoms with Crippen LogP contribution >= 0.6 is 0 Å². The summed E-state index contributed by atoms with van der Waals surface area (Å²) in [6.45, 7) is 0. The summed E-state index contributed by atoms with van der Waals surface area (Å²) in [5, 5.41) is 0. The van der Waals surface area contributed by atoms with E-state index < -0.39 is 0 Å². The molecule has 0 heterocycles. The predicted octanol–water partition coefficient (Wildman–Crippen LogP) is 2.45. The largest absolute Gasteiger partial charge is 0.0873 e. The Morgan fingerprint density at radius 1 is 0.889 bits per heavy atom. The van der Waals surface area contributed by atoms with Crippen molar-refractivity contribution in [3.8, 4) is 0 Å². The number of hydrogen-bond acceptors (Lipinski definition) is 0. The highest BCUT2D eigenvalue weighted by Crippen LogP contribution is 2.38. The van der Waals surface area contributed by atoms with E-state index in [4.69, 9.17) is 0 Å². The average molecular weight is 118 g/mol. The van der Waals surface area contributed by atoms with Crippen molar-refractivity contribution in [2.45, 2.75) is 12.8 Å². The molecular formula is C9H10.